The van der Waals surface area contributed by atoms with Crippen molar-refractivity contribution >= 4 is 17.4 Å². The topological polar surface area (TPSA) is 17.1 Å². The fourth-order valence-corrected chi connectivity index (χ4v) is 2.45. The van der Waals surface area contributed by atoms with Gasteiger partial charge in [-0.3, -0.25) is 0 Å². The summed E-state index contributed by atoms with van der Waals surface area (Å²) in [6.07, 6.45) is 2.56. The van der Waals surface area contributed by atoms with Gasteiger partial charge >= 0.3 is 0 Å². The molecule has 0 aliphatic heterocycles. The van der Waals surface area contributed by atoms with Crippen LogP contribution in [-0.2, 0) is 4.79 Å². The maximum Gasteiger partial charge on any atom is 0.129 e. The highest BCUT2D eigenvalue weighted by atomic mass is 35.5. The molecule has 1 rings (SSSR count). The van der Waals surface area contributed by atoms with Gasteiger partial charge in [-0.05, 0) is 62.3 Å². The van der Waals surface area contributed by atoms with Gasteiger partial charge < -0.3 is 4.79 Å². The Kier molecular flexibility index (Phi) is 5.20. The van der Waals surface area contributed by atoms with Gasteiger partial charge in [0, 0.05) is 11.4 Å². The van der Waals surface area contributed by atoms with E-state index in [1.54, 1.807) is 6.92 Å². The molecule has 0 aromatic heterocycles. The first kappa shape index (κ1) is 14.2. The summed E-state index contributed by atoms with van der Waals surface area (Å²) in [4.78, 5) is 11.1. The van der Waals surface area contributed by atoms with Crippen LogP contribution >= 0.6 is 11.6 Å². The van der Waals surface area contributed by atoms with E-state index in [1.807, 2.05) is 6.07 Å². The average Bonchev–Trinajstić information content (AvgIpc) is 2.25. The zero-order valence-corrected chi connectivity index (χ0v) is 11.9. The molecule has 1 aromatic rings. The van der Waals surface area contributed by atoms with E-state index in [-0.39, 0.29) is 5.78 Å². The number of benzene rings is 1. The lowest BCUT2D eigenvalue weighted by Crippen LogP contribution is -2.02. The fourth-order valence-electron chi connectivity index (χ4n) is 2.07. The van der Waals surface area contributed by atoms with E-state index >= 15 is 0 Å². The van der Waals surface area contributed by atoms with Gasteiger partial charge in [0.05, 0.1) is 0 Å². The first-order valence-corrected chi connectivity index (χ1v) is 6.59. The summed E-state index contributed by atoms with van der Waals surface area (Å²) in [5.74, 6) is 0.647. The lowest BCUT2D eigenvalue weighted by molar-refractivity contribution is -0.117. The smallest absolute Gasteiger partial charge is 0.129 e. The molecule has 94 valence electrons. The van der Waals surface area contributed by atoms with Gasteiger partial charge in [-0.15, -0.1) is 0 Å². The molecule has 0 fully saturated rings. The second kappa shape index (κ2) is 6.20. The molecule has 0 spiro atoms. The van der Waals surface area contributed by atoms with Gasteiger partial charge in [0.15, 0.2) is 0 Å². The summed E-state index contributed by atoms with van der Waals surface area (Å²) < 4.78 is 0. The Labute approximate surface area is 109 Å². The number of Topliss-reactive ketones (excluding diaryl/α,β-unsaturated/α-hetero) is 1. The van der Waals surface area contributed by atoms with E-state index in [9.17, 15) is 4.79 Å². The zero-order chi connectivity index (χ0) is 13.0. The molecular formula is C15H21ClO. The number of ketones is 1. The highest BCUT2D eigenvalue weighted by Gasteiger charge is 2.14. The van der Waals surface area contributed by atoms with E-state index in [1.165, 1.54) is 16.7 Å². The Hall–Kier alpha value is -0.820. The summed E-state index contributed by atoms with van der Waals surface area (Å²) in [5, 5.41) is 0.837. The minimum atomic E-state index is 0.253. The average molecular weight is 253 g/mol. The summed E-state index contributed by atoms with van der Waals surface area (Å²) in [6, 6.07) is 4.20. The summed E-state index contributed by atoms with van der Waals surface area (Å²) in [6.45, 7) is 7.97. The Morgan fingerprint density at radius 3 is 2.41 bits per heavy atom. The van der Waals surface area contributed by atoms with Crippen molar-refractivity contribution in [1.82, 2.24) is 0 Å². The van der Waals surface area contributed by atoms with Gasteiger partial charge in [-0.2, -0.15) is 0 Å². The van der Waals surface area contributed by atoms with E-state index in [2.05, 4.69) is 26.8 Å². The molecule has 0 radical (unpaired) electrons. The standard InChI is InChI=1S/C15H21ClO/c1-5-13(7-6-12(4)17)14-8-10(2)11(3)9-15(14)16/h8-9,13H,5-7H2,1-4H3. The van der Waals surface area contributed by atoms with Gasteiger partial charge in [0.25, 0.3) is 0 Å². The summed E-state index contributed by atoms with van der Waals surface area (Å²) in [7, 11) is 0. The lowest BCUT2D eigenvalue weighted by atomic mass is 9.89. The molecule has 0 saturated heterocycles. The van der Waals surface area contributed by atoms with Gasteiger partial charge in [0.2, 0.25) is 0 Å². The molecule has 0 saturated carbocycles. The van der Waals surface area contributed by atoms with Crippen LogP contribution in [0.2, 0.25) is 5.02 Å². The van der Waals surface area contributed by atoms with Crippen molar-refractivity contribution in [3.05, 3.63) is 33.8 Å². The predicted molar refractivity (Wildman–Crippen MR) is 73.9 cm³/mol. The third-order valence-corrected chi connectivity index (χ3v) is 3.72. The molecule has 1 aromatic carbocycles. The van der Waals surface area contributed by atoms with Crippen LogP contribution in [0.25, 0.3) is 0 Å². The Balaban J connectivity index is 2.95. The van der Waals surface area contributed by atoms with Gasteiger partial charge in [0.1, 0.15) is 5.78 Å². The molecular weight excluding hydrogens is 232 g/mol. The number of aryl methyl sites for hydroxylation is 2. The van der Waals surface area contributed by atoms with Crippen molar-refractivity contribution in [2.45, 2.75) is 52.9 Å². The monoisotopic (exact) mass is 252 g/mol. The molecule has 0 N–H and O–H groups in total. The Morgan fingerprint density at radius 2 is 1.88 bits per heavy atom. The van der Waals surface area contributed by atoms with Crippen molar-refractivity contribution in [1.29, 1.82) is 0 Å². The minimum absolute atomic E-state index is 0.253. The number of halogens is 1. The summed E-state index contributed by atoms with van der Waals surface area (Å²) in [5.41, 5.74) is 3.68. The molecule has 2 heteroatoms. The largest absolute Gasteiger partial charge is 0.300 e. The van der Waals surface area contributed by atoms with Crippen molar-refractivity contribution in [3.8, 4) is 0 Å². The fraction of sp³-hybridized carbons (Fsp3) is 0.533. The van der Waals surface area contributed by atoms with Crippen LogP contribution < -0.4 is 0 Å². The number of hydrogen-bond donors (Lipinski definition) is 0. The predicted octanol–water partition coefficient (Wildman–Crippen LogP) is 4.82. The molecule has 0 heterocycles. The zero-order valence-electron chi connectivity index (χ0n) is 11.1. The Morgan fingerprint density at radius 1 is 1.29 bits per heavy atom. The number of rotatable bonds is 5. The maximum atomic E-state index is 11.1. The van der Waals surface area contributed by atoms with Gasteiger partial charge in [-0.25, -0.2) is 0 Å². The van der Waals surface area contributed by atoms with Gasteiger partial charge in [-0.1, -0.05) is 24.6 Å². The highest BCUT2D eigenvalue weighted by molar-refractivity contribution is 6.31. The van der Waals surface area contributed by atoms with Crippen molar-refractivity contribution in [2.24, 2.45) is 0 Å². The third-order valence-electron chi connectivity index (χ3n) is 3.39. The number of hydrogen-bond acceptors (Lipinski definition) is 1. The highest BCUT2D eigenvalue weighted by Crippen LogP contribution is 2.32. The number of carbonyl (C=O) groups is 1. The molecule has 0 amide bonds. The second-order valence-corrected chi connectivity index (χ2v) is 5.21. The van der Waals surface area contributed by atoms with Crippen LogP contribution in [0.3, 0.4) is 0 Å². The minimum Gasteiger partial charge on any atom is -0.300 e. The maximum absolute atomic E-state index is 11.1. The molecule has 1 unspecified atom stereocenters. The first-order chi connectivity index (χ1) is 7.95. The first-order valence-electron chi connectivity index (χ1n) is 6.21. The van der Waals surface area contributed by atoms with E-state index in [0.717, 1.165) is 17.9 Å². The normalized spacial score (nSPS) is 12.5. The molecule has 1 atom stereocenters. The molecule has 0 bridgehead atoms. The molecule has 0 aliphatic carbocycles. The SMILES string of the molecule is CCC(CCC(C)=O)c1cc(C)c(C)cc1Cl. The van der Waals surface area contributed by atoms with Crippen LogP contribution in [0.5, 0.6) is 0 Å². The molecule has 1 nitrogen and oxygen atoms in total. The van der Waals surface area contributed by atoms with Crippen LogP contribution in [0, 0.1) is 13.8 Å². The number of carbonyl (C=O) groups excluding carboxylic acids is 1. The van der Waals surface area contributed by atoms with Crippen LogP contribution in [0.4, 0.5) is 0 Å². The summed E-state index contributed by atoms with van der Waals surface area (Å²) >= 11 is 6.31. The van der Waals surface area contributed by atoms with Crippen molar-refractivity contribution in [3.63, 3.8) is 0 Å². The van der Waals surface area contributed by atoms with E-state index in [4.69, 9.17) is 11.6 Å². The van der Waals surface area contributed by atoms with Crippen LogP contribution in [-0.4, -0.2) is 5.78 Å². The quantitative estimate of drug-likeness (QED) is 0.734. The molecule has 0 aliphatic rings. The van der Waals surface area contributed by atoms with E-state index < -0.39 is 0 Å². The molecule has 17 heavy (non-hydrogen) atoms. The lowest BCUT2D eigenvalue weighted by Gasteiger charge is -2.18. The van der Waals surface area contributed by atoms with Crippen molar-refractivity contribution < 1.29 is 4.79 Å². The van der Waals surface area contributed by atoms with E-state index in [0.29, 0.717) is 12.3 Å². The van der Waals surface area contributed by atoms with Crippen LogP contribution in [0.15, 0.2) is 12.1 Å². The third kappa shape index (κ3) is 3.85. The van der Waals surface area contributed by atoms with Crippen LogP contribution in [0.1, 0.15) is 55.7 Å². The second-order valence-electron chi connectivity index (χ2n) is 4.80. The van der Waals surface area contributed by atoms with Crippen molar-refractivity contribution in [2.75, 3.05) is 0 Å². The Bertz CT molecular complexity index is 410.